The van der Waals surface area contributed by atoms with Crippen molar-refractivity contribution in [3.63, 3.8) is 0 Å². The van der Waals surface area contributed by atoms with Crippen LogP contribution in [0.4, 0.5) is 0 Å². The van der Waals surface area contributed by atoms with Gasteiger partial charge >= 0.3 is 0 Å². The Balaban J connectivity index is 0.00000288. The van der Waals surface area contributed by atoms with E-state index < -0.39 is 6.04 Å². The van der Waals surface area contributed by atoms with E-state index in [1.807, 2.05) is 19.1 Å². The summed E-state index contributed by atoms with van der Waals surface area (Å²) in [5.41, 5.74) is 8.21. The quantitative estimate of drug-likeness (QED) is 0.785. The first kappa shape index (κ1) is 20.9. The monoisotopic (exact) mass is 355 g/mol. The molecule has 2 rings (SSSR count). The maximum Gasteiger partial charge on any atom is 0.237 e. The highest BCUT2D eigenvalue weighted by Crippen LogP contribution is 2.12. The van der Waals surface area contributed by atoms with Gasteiger partial charge in [0.15, 0.2) is 0 Å². The van der Waals surface area contributed by atoms with E-state index in [0.29, 0.717) is 12.6 Å². The Labute approximate surface area is 151 Å². The predicted molar refractivity (Wildman–Crippen MR) is 99.1 cm³/mol. The van der Waals surface area contributed by atoms with Crippen LogP contribution in [0.3, 0.4) is 0 Å². The Morgan fingerprint density at radius 2 is 2.21 bits per heavy atom. The van der Waals surface area contributed by atoms with Gasteiger partial charge in [-0.1, -0.05) is 37.6 Å². The van der Waals surface area contributed by atoms with Crippen LogP contribution >= 0.6 is 12.4 Å². The number of ether oxygens (including phenoxy) is 1. The van der Waals surface area contributed by atoms with E-state index in [4.69, 9.17) is 10.5 Å². The van der Waals surface area contributed by atoms with E-state index in [-0.39, 0.29) is 18.3 Å². The van der Waals surface area contributed by atoms with Crippen molar-refractivity contribution in [2.24, 2.45) is 5.73 Å². The van der Waals surface area contributed by atoms with Gasteiger partial charge in [0.1, 0.15) is 0 Å². The van der Waals surface area contributed by atoms with E-state index in [9.17, 15) is 4.79 Å². The van der Waals surface area contributed by atoms with Crippen molar-refractivity contribution in [3.05, 3.63) is 35.4 Å². The molecule has 1 aliphatic heterocycles. The molecular formula is C18H30ClN3O2. The van der Waals surface area contributed by atoms with Gasteiger partial charge in [0.2, 0.25) is 5.91 Å². The molecule has 1 fully saturated rings. The van der Waals surface area contributed by atoms with Crippen molar-refractivity contribution < 1.29 is 9.53 Å². The molecule has 0 aliphatic carbocycles. The van der Waals surface area contributed by atoms with Crippen LogP contribution in [0.15, 0.2) is 24.3 Å². The Kier molecular flexibility index (Phi) is 9.29. The summed E-state index contributed by atoms with van der Waals surface area (Å²) < 4.78 is 5.58. The fourth-order valence-electron chi connectivity index (χ4n) is 2.89. The molecule has 1 amide bonds. The molecule has 1 heterocycles. The number of morpholine rings is 1. The van der Waals surface area contributed by atoms with Crippen molar-refractivity contribution in [2.75, 3.05) is 19.7 Å². The average Bonchev–Trinajstić information content (AvgIpc) is 2.53. The van der Waals surface area contributed by atoms with Crippen LogP contribution in [-0.4, -0.2) is 42.6 Å². The first-order valence-electron chi connectivity index (χ1n) is 8.53. The number of benzene rings is 1. The first-order valence-corrected chi connectivity index (χ1v) is 8.53. The average molecular weight is 356 g/mol. The molecule has 3 N–H and O–H groups in total. The van der Waals surface area contributed by atoms with E-state index in [1.165, 1.54) is 5.56 Å². The molecule has 0 aromatic heterocycles. The van der Waals surface area contributed by atoms with Crippen molar-refractivity contribution in [1.29, 1.82) is 0 Å². The normalized spacial score (nSPS) is 19.4. The van der Waals surface area contributed by atoms with Crippen molar-refractivity contribution in [1.82, 2.24) is 10.2 Å². The lowest BCUT2D eigenvalue weighted by Gasteiger charge is -2.31. The van der Waals surface area contributed by atoms with Gasteiger partial charge in [-0.25, -0.2) is 0 Å². The Morgan fingerprint density at radius 1 is 1.46 bits per heavy atom. The molecule has 0 saturated carbocycles. The smallest absolute Gasteiger partial charge is 0.237 e. The number of rotatable bonds is 7. The van der Waals surface area contributed by atoms with Crippen molar-refractivity contribution in [2.45, 2.75) is 51.9 Å². The minimum atomic E-state index is -0.405. The summed E-state index contributed by atoms with van der Waals surface area (Å²) in [6.07, 6.45) is 1.94. The van der Waals surface area contributed by atoms with Gasteiger partial charge in [0, 0.05) is 26.2 Å². The summed E-state index contributed by atoms with van der Waals surface area (Å²) in [5.74, 6) is -0.0701. The maximum absolute atomic E-state index is 11.9. The number of hydrogen-bond donors (Lipinski definition) is 2. The molecule has 2 unspecified atom stereocenters. The summed E-state index contributed by atoms with van der Waals surface area (Å²) >= 11 is 0. The van der Waals surface area contributed by atoms with Gasteiger partial charge < -0.3 is 15.8 Å². The van der Waals surface area contributed by atoms with E-state index in [0.717, 1.165) is 44.6 Å². The Morgan fingerprint density at radius 3 is 2.92 bits per heavy atom. The number of hydrogen-bond acceptors (Lipinski definition) is 4. The van der Waals surface area contributed by atoms with Crippen LogP contribution in [0.1, 0.15) is 37.8 Å². The van der Waals surface area contributed by atoms with Crippen LogP contribution in [0.2, 0.25) is 0 Å². The molecule has 2 atom stereocenters. The summed E-state index contributed by atoms with van der Waals surface area (Å²) in [7, 11) is 0. The molecule has 1 aromatic rings. The second kappa shape index (κ2) is 10.7. The lowest BCUT2D eigenvalue weighted by atomic mass is 10.1. The molecule has 136 valence electrons. The zero-order chi connectivity index (χ0) is 16.7. The van der Waals surface area contributed by atoms with Crippen molar-refractivity contribution in [3.8, 4) is 0 Å². The lowest BCUT2D eigenvalue weighted by Crippen LogP contribution is -2.40. The number of amides is 1. The molecule has 1 aromatic carbocycles. The van der Waals surface area contributed by atoms with Crippen molar-refractivity contribution >= 4 is 18.3 Å². The van der Waals surface area contributed by atoms with E-state index in [1.54, 1.807) is 0 Å². The number of halogens is 1. The second-order valence-corrected chi connectivity index (χ2v) is 6.35. The molecule has 5 nitrogen and oxygen atoms in total. The third kappa shape index (κ3) is 6.77. The van der Waals surface area contributed by atoms with Crippen LogP contribution in [0.5, 0.6) is 0 Å². The zero-order valence-corrected chi connectivity index (χ0v) is 15.5. The Hall–Kier alpha value is -1.14. The summed E-state index contributed by atoms with van der Waals surface area (Å²) in [5, 5.41) is 2.92. The van der Waals surface area contributed by atoms with Gasteiger partial charge in [-0.15, -0.1) is 12.4 Å². The summed E-state index contributed by atoms with van der Waals surface area (Å²) in [6.45, 7) is 8.32. The van der Waals surface area contributed by atoms with Gasteiger partial charge in [-0.3, -0.25) is 9.69 Å². The zero-order valence-electron chi connectivity index (χ0n) is 14.7. The number of nitrogens with one attached hydrogen (secondary N) is 1. The fraction of sp³-hybridized carbons (Fsp3) is 0.611. The lowest BCUT2D eigenvalue weighted by molar-refractivity contribution is -0.122. The summed E-state index contributed by atoms with van der Waals surface area (Å²) in [4.78, 5) is 14.3. The highest BCUT2D eigenvalue weighted by atomic mass is 35.5. The third-order valence-corrected chi connectivity index (χ3v) is 4.13. The van der Waals surface area contributed by atoms with Crippen LogP contribution < -0.4 is 11.1 Å². The van der Waals surface area contributed by atoms with E-state index >= 15 is 0 Å². The van der Waals surface area contributed by atoms with E-state index in [2.05, 4.69) is 29.3 Å². The second-order valence-electron chi connectivity index (χ2n) is 6.35. The standard InChI is InChI=1S/C18H29N3O2.ClH/c1-3-5-17(19)18(22)20-11-15-6-4-7-16(10-15)13-21-8-9-23-14(2)12-21;/h4,6-7,10,14,17H,3,5,8-9,11-13,19H2,1-2H3,(H,20,22);1H. The predicted octanol–water partition coefficient (Wildman–Crippen LogP) is 2.07. The molecule has 1 aliphatic rings. The number of nitrogens with zero attached hydrogens (tertiary/aromatic N) is 1. The maximum atomic E-state index is 11.9. The minimum Gasteiger partial charge on any atom is -0.376 e. The summed E-state index contributed by atoms with van der Waals surface area (Å²) in [6, 6.07) is 7.97. The first-order chi connectivity index (χ1) is 11.1. The molecule has 0 spiro atoms. The fourth-order valence-corrected chi connectivity index (χ4v) is 2.89. The topological polar surface area (TPSA) is 67.6 Å². The SMILES string of the molecule is CCCC(N)C(=O)NCc1cccc(CN2CCOC(C)C2)c1.Cl. The largest absolute Gasteiger partial charge is 0.376 e. The molecule has 24 heavy (non-hydrogen) atoms. The van der Waals surface area contributed by atoms with Gasteiger partial charge in [-0.05, 0) is 24.5 Å². The Bertz CT molecular complexity index is 513. The molecule has 0 radical (unpaired) electrons. The molecule has 6 heteroatoms. The van der Waals surface area contributed by atoms with Gasteiger partial charge in [0.05, 0.1) is 18.8 Å². The molecule has 0 bridgehead atoms. The third-order valence-electron chi connectivity index (χ3n) is 4.13. The molecular weight excluding hydrogens is 326 g/mol. The number of carbonyl (C=O) groups excluding carboxylic acids is 1. The van der Waals surface area contributed by atoms with Gasteiger partial charge in [-0.2, -0.15) is 0 Å². The van der Waals surface area contributed by atoms with Crippen LogP contribution in [0.25, 0.3) is 0 Å². The van der Waals surface area contributed by atoms with Crippen LogP contribution in [0, 0.1) is 0 Å². The highest BCUT2D eigenvalue weighted by molar-refractivity contribution is 5.85. The molecule has 1 saturated heterocycles. The number of carbonyl (C=O) groups is 1. The minimum absolute atomic E-state index is 0. The van der Waals surface area contributed by atoms with Gasteiger partial charge in [0.25, 0.3) is 0 Å². The highest BCUT2D eigenvalue weighted by Gasteiger charge is 2.16. The van der Waals surface area contributed by atoms with Crippen LogP contribution in [-0.2, 0) is 22.6 Å². The number of nitrogens with two attached hydrogens (primary N) is 1.